The van der Waals surface area contributed by atoms with Crippen molar-refractivity contribution < 1.29 is 37.8 Å². The van der Waals surface area contributed by atoms with E-state index >= 15 is 0 Å². The van der Waals surface area contributed by atoms with Gasteiger partial charge in [-0.25, -0.2) is 13.6 Å². The Balaban J connectivity index is 2.00. The molecule has 0 radical (unpaired) electrons. The third kappa shape index (κ3) is 5.83. The first kappa shape index (κ1) is 25.4. The van der Waals surface area contributed by atoms with Crippen molar-refractivity contribution in [2.24, 2.45) is 0 Å². The van der Waals surface area contributed by atoms with Crippen LogP contribution in [0.2, 0.25) is 0 Å². The molecule has 2 aromatic carbocycles. The zero-order valence-corrected chi connectivity index (χ0v) is 19.0. The van der Waals surface area contributed by atoms with Crippen LogP contribution in [0.4, 0.5) is 13.6 Å². The second kappa shape index (κ2) is 10.8. The largest absolute Gasteiger partial charge is 0.497 e. The molecule has 0 unspecified atom stereocenters. The summed E-state index contributed by atoms with van der Waals surface area (Å²) in [5.41, 5.74) is 4.24. The molecule has 1 aliphatic rings. The highest BCUT2D eigenvalue weighted by molar-refractivity contribution is 5.92. The maximum atomic E-state index is 15.0. The maximum absolute atomic E-state index is 15.0. The molecule has 4 amide bonds. The van der Waals surface area contributed by atoms with Crippen molar-refractivity contribution in [2.75, 3.05) is 20.2 Å². The molecule has 2 atom stereocenters. The molecule has 2 aromatic rings. The van der Waals surface area contributed by atoms with Crippen LogP contribution in [0.5, 0.6) is 5.75 Å². The first-order valence-corrected chi connectivity index (χ1v) is 10.5. The standard InChI is InChI=1S/C23H24F2N4O6/c1-13(30)26-27-19(31)12-28-11-16(20-17(24)8-15(35-2)9-18(20)25)21(22(28)32)29(23(33)34)10-14-6-4-3-5-7-14/h3-9,16,21H,10-12H2,1-2H3,(H,26,30)(H,27,31)(H,33,34)/t16-,21-/m0/s1. The van der Waals surface area contributed by atoms with Gasteiger partial charge in [-0.3, -0.25) is 30.1 Å². The van der Waals surface area contributed by atoms with E-state index in [9.17, 15) is 33.1 Å². The third-order valence-electron chi connectivity index (χ3n) is 5.51. The van der Waals surface area contributed by atoms with Gasteiger partial charge in [0, 0.05) is 43.6 Å². The number of benzene rings is 2. The average molecular weight is 490 g/mol. The first-order valence-electron chi connectivity index (χ1n) is 10.5. The van der Waals surface area contributed by atoms with Gasteiger partial charge in [0.1, 0.15) is 30.0 Å². The minimum Gasteiger partial charge on any atom is -0.497 e. The average Bonchev–Trinajstić information content (AvgIpc) is 3.11. The van der Waals surface area contributed by atoms with Gasteiger partial charge < -0.3 is 14.7 Å². The summed E-state index contributed by atoms with van der Waals surface area (Å²) in [5, 5.41) is 9.93. The van der Waals surface area contributed by atoms with Crippen LogP contribution in [-0.2, 0) is 20.9 Å². The molecule has 1 heterocycles. The lowest BCUT2D eigenvalue weighted by Crippen LogP contribution is -2.49. The molecule has 186 valence electrons. The minimum absolute atomic E-state index is 0.0875. The number of nitrogens with zero attached hydrogens (tertiary/aromatic N) is 2. The summed E-state index contributed by atoms with van der Waals surface area (Å²) < 4.78 is 34.9. The van der Waals surface area contributed by atoms with E-state index in [4.69, 9.17) is 4.74 Å². The molecule has 1 fully saturated rings. The van der Waals surface area contributed by atoms with Crippen LogP contribution in [0.1, 0.15) is 24.0 Å². The van der Waals surface area contributed by atoms with Crippen molar-refractivity contribution >= 4 is 23.8 Å². The Kier molecular flexibility index (Phi) is 7.84. The number of nitrogens with one attached hydrogen (secondary N) is 2. The van der Waals surface area contributed by atoms with Crippen molar-refractivity contribution in [1.29, 1.82) is 0 Å². The monoisotopic (exact) mass is 490 g/mol. The van der Waals surface area contributed by atoms with E-state index in [-0.39, 0.29) is 18.8 Å². The van der Waals surface area contributed by atoms with Crippen LogP contribution in [0, 0.1) is 11.6 Å². The zero-order valence-electron chi connectivity index (χ0n) is 19.0. The van der Waals surface area contributed by atoms with Crippen LogP contribution in [0.15, 0.2) is 42.5 Å². The Bertz CT molecular complexity index is 1110. The second-order valence-corrected chi connectivity index (χ2v) is 7.90. The molecule has 12 heteroatoms. The summed E-state index contributed by atoms with van der Waals surface area (Å²) in [4.78, 5) is 50.6. The summed E-state index contributed by atoms with van der Waals surface area (Å²) in [7, 11) is 1.23. The molecule has 0 spiro atoms. The molecule has 35 heavy (non-hydrogen) atoms. The van der Waals surface area contributed by atoms with Crippen molar-refractivity contribution in [1.82, 2.24) is 20.7 Å². The van der Waals surface area contributed by atoms with Gasteiger partial charge in [0.2, 0.25) is 11.8 Å². The molecule has 3 rings (SSSR count). The van der Waals surface area contributed by atoms with E-state index in [0.29, 0.717) is 5.56 Å². The molecule has 0 bridgehead atoms. The fourth-order valence-corrected chi connectivity index (χ4v) is 4.00. The molecule has 0 saturated carbocycles. The number of carbonyl (C=O) groups is 4. The number of hydrogen-bond acceptors (Lipinski definition) is 5. The number of ether oxygens (including phenoxy) is 1. The summed E-state index contributed by atoms with van der Waals surface area (Å²) in [6, 6.07) is 8.77. The molecule has 1 aliphatic heterocycles. The van der Waals surface area contributed by atoms with Crippen LogP contribution in [0.25, 0.3) is 0 Å². The van der Waals surface area contributed by atoms with Gasteiger partial charge in [-0.05, 0) is 5.56 Å². The lowest BCUT2D eigenvalue weighted by atomic mass is 9.91. The van der Waals surface area contributed by atoms with E-state index < -0.39 is 59.5 Å². The summed E-state index contributed by atoms with van der Waals surface area (Å²) in [6.45, 7) is 0.0331. The van der Waals surface area contributed by atoms with Crippen molar-refractivity contribution in [3.8, 4) is 5.75 Å². The predicted octanol–water partition coefficient (Wildman–Crippen LogP) is 1.62. The Morgan fingerprint density at radius 1 is 1.14 bits per heavy atom. The lowest BCUT2D eigenvalue weighted by molar-refractivity contribution is -0.136. The fraction of sp³-hybridized carbons (Fsp3) is 0.304. The van der Waals surface area contributed by atoms with Crippen LogP contribution >= 0.6 is 0 Å². The van der Waals surface area contributed by atoms with E-state index in [1.54, 1.807) is 30.3 Å². The number of likely N-dealkylation sites (tertiary alicyclic amines) is 1. The van der Waals surface area contributed by atoms with Gasteiger partial charge in [0.15, 0.2) is 0 Å². The Morgan fingerprint density at radius 3 is 2.31 bits per heavy atom. The molecular formula is C23H24F2N4O6. The Labute approximate surface area is 199 Å². The number of halogens is 2. The van der Waals surface area contributed by atoms with Crippen LogP contribution < -0.4 is 15.6 Å². The topological polar surface area (TPSA) is 128 Å². The molecule has 3 N–H and O–H groups in total. The van der Waals surface area contributed by atoms with Crippen molar-refractivity contribution in [3.63, 3.8) is 0 Å². The molecule has 0 aliphatic carbocycles. The number of hydrazine groups is 1. The Morgan fingerprint density at radius 2 is 1.77 bits per heavy atom. The highest BCUT2D eigenvalue weighted by Gasteiger charge is 2.48. The van der Waals surface area contributed by atoms with Gasteiger partial charge in [0.05, 0.1) is 7.11 Å². The molecule has 10 nitrogen and oxygen atoms in total. The van der Waals surface area contributed by atoms with Gasteiger partial charge in [-0.15, -0.1) is 0 Å². The number of carboxylic acid groups (broad SMARTS) is 1. The van der Waals surface area contributed by atoms with E-state index in [1.165, 1.54) is 7.11 Å². The van der Waals surface area contributed by atoms with Gasteiger partial charge in [-0.2, -0.15) is 0 Å². The lowest BCUT2D eigenvalue weighted by Gasteiger charge is -2.29. The third-order valence-corrected chi connectivity index (χ3v) is 5.51. The fourth-order valence-electron chi connectivity index (χ4n) is 4.00. The number of methoxy groups -OCH3 is 1. The number of amides is 4. The SMILES string of the molecule is COc1cc(F)c([C@@H]2CN(CC(=O)NNC(C)=O)C(=O)[C@H]2N(Cc2ccccc2)C(=O)O)c(F)c1. The Hall–Kier alpha value is -4.22. The molecular weight excluding hydrogens is 466 g/mol. The highest BCUT2D eigenvalue weighted by atomic mass is 19.1. The normalized spacial score (nSPS) is 17.1. The molecule has 1 saturated heterocycles. The first-order chi connectivity index (χ1) is 16.6. The zero-order chi connectivity index (χ0) is 25.7. The number of hydrogen-bond donors (Lipinski definition) is 3. The van der Waals surface area contributed by atoms with E-state index in [0.717, 1.165) is 28.9 Å². The minimum atomic E-state index is -1.52. The van der Waals surface area contributed by atoms with Gasteiger partial charge >= 0.3 is 6.09 Å². The smallest absolute Gasteiger partial charge is 0.408 e. The molecule has 0 aromatic heterocycles. The van der Waals surface area contributed by atoms with Crippen LogP contribution in [-0.4, -0.2) is 65.0 Å². The van der Waals surface area contributed by atoms with Gasteiger partial charge in [-0.1, -0.05) is 30.3 Å². The van der Waals surface area contributed by atoms with Crippen LogP contribution in [0.3, 0.4) is 0 Å². The van der Waals surface area contributed by atoms with Crippen molar-refractivity contribution in [3.05, 3.63) is 65.2 Å². The summed E-state index contributed by atoms with van der Waals surface area (Å²) >= 11 is 0. The number of rotatable bonds is 7. The number of carbonyl (C=O) groups excluding carboxylic acids is 3. The van der Waals surface area contributed by atoms with Crippen molar-refractivity contribution in [2.45, 2.75) is 25.4 Å². The predicted molar refractivity (Wildman–Crippen MR) is 118 cm³/mol. The highest BCUT2D eigenvalue weighted by Crippen LogP contribution is 2.37. The summed E-state index contributed by atoms with van der Waals surface area (Å²) in [5.74, 6) is -5.51. The quantitative estimate of drug-likeness (QED) is 0.506. The summed E-state index contributed by atoms with van der Waals surface area (Å²) in [6.07, 6.45) is -1.48. The van der Waals surface area contributed by atoms with E-state index in [2.05, 4.69) is 10.9 Å². The van der Waals surface area contributed by atoms with E-state index in [1.807, 2.05) is 0 Å². The van der Waals surface area contributed by atoms with Gasteiger partial charge in [0.25, 0.3) is 5.91 Å². The maximum Gasteiger partial charge on any atom is 0.408 e. The second-order valence-electron chi connectivity index (χ2n) is 7.90.